The quantitative estimate of drug-likeness (QED) is 0.943. The number of hydrogen-bond acceptors (Lipinski definition) is 4. The molecule has 1 N–H and O–H groups in total. The minimum Gasteiger partial charge on any atom is -0.345 e. The molecule has 3 rings (SSSR count). The summed E-state index contributed by atoms with van der Waals surface area (Å²) < 4.78 is 13.4. The molecule has 0 radical (unpaired) electrons. The molecule has 0 aromatic carbocycles. The molecular weight excluding hydrogens is 289 g/mol. The Morgan fingerprint density at radius 2 is 2.24 bits per heavy atom. The average Bonchev–Trinajstić information content (AvgIpc) is 3.16. The molecule has 0 atom stereocenters. The summed E-state index contributed by atoms with van der Waals surface area (Å²) in [7, 11) is 0. The van der Waals surface area contributed by atoms with Crippen LogP contribution in [0.3, 0.4) is 0 Å². The van der Waals surface area contributed by atoms with Crippen LogP contribution in [-0.2, 0) is 6.54 Å². The van der Waals surface area contributed by atoms with Crippen LogP contribution in [-0.4, -0.2) is 15.9 Å². The Kier molecular flexibility index (Phi) is 4.24. The molecule has 0 bridgehead atoms. The van der Waals surface area contributed by atoms with E-state index in [1.807, 2.05) is 0 Å². The van der Waals surface area contributed by atoms with E-state index in [1.165, 1.54) is 42.5 Å². The molecule has 0 spiro atoms. The zero-order valence-electron chi connectivity index (χ0n) is 11.5. The van der Waals surface area contributed by atoms with Gasteiger partial charge in [-0.05, 0) is 25.0 Å². The van der Waals surface area contributed by atoms with Crippen molar-refractivity contribution < 1.29 is 9.18 Å². The van der Waals surface area contributed by atoms with Gasteiger partial charge in [0, 0.05) is 17.5 Å². The van der Waals surface area contributed by atoms with Gasteiger partial charge >= 0.3 is 0 Å². The minimum atomic E-state index is -0.414. The largest absolute Gasteiger partial charge is 0.345 e. The Morgan fingerprint density at radius 1 is 1.43 bits per heavy atom. The topological polar surface area (TPSA) is 54.9 Å². The SMILES string of the molecule is O=C(NCc1ncccc1F)c1csc(C2CCCC2)n1. The van der Waals surface area contributed by atoms with Gasteiger partial charge in [-0.1, -0.05) is 12.8 Å². The second-order valence-electron chi connectivity index (χ2n) is 5.17. The summed E-state index contributed by atoms with van der Waals surface area (Å²) in [6, 6.07) is 2.85. The Labute approximate surface area is 126 Å². The molecule has 1 aliphatic carbocycles. The summed E-state index contributed by atoms with van der Waals surface area (Å²) >= 11 is 1.54. The van der Waals surface area contributed by atoms with E-state index in [-0.39, 0.29) is 18.1 Å². The highest BCUT2D eigenvalue weighted by molar-refractivity contribution is 7.09. The minimum absolute atomic E-state index is 0.0712. The van der Waals surface area contributed by atoms with E-state index < -0.39 is 5.82 Å². The fourth-order valence-electron chi connectivity index (χ4n) is 2.56. The van der Waals surface area contributed by atoms with Gasteiger partial charge in [-0.25, -0.2) is 9.37 Å². The third-order valence-electron chi connectivity index (χ3n) is 3.71. The summed E-state index contributed by atoms with van der Waals surface area (Å²) in [5, 5.41) is 5.48. The Balaban J connectivity index is 1.62. The van der Waals surface area contributed by atoms with E-state index in [9.17, 15) is 9.18 Å². The second kappa shape index (κ2) is 6.30. The second-order valence-corrected chi connectivity index (χ2v) is 6.06. The zero-order valence-corrected chi connectivity index (χ0v) is 12.3. The van der Waals surface area contributed by atoms with Crippen molar-refractivity contribution in [1.82, 2.24) is 15.3 Å². The molecule has 2 heterocycles. The number of halogens is 1. The fraction of sp³-hybridized carbons (Fsp3) is 0.400. The molecule has 21 heavy (non-hydrogen) atoms. The molecule has 1 saturated carbocycles. The molecule has 4 nitrogen and oxygen atoms in total. The third-order valence-corrected chi connectivity index (χ3v) is 4.72. The van der Waals surface area contributed by atoms with Crippen LogP contribution < -0.4 is 5.32 Å². The van der Waals surface area contributed by atoms with Crippen LogP contribution >= 0.6 is 11.3 Å². The van der Waals surface area contributed by atoms with Gasteiger partial charge in [0.05, 0.1) is 17.2 Å². The van der Waals surface area contributed by atoms with Crippen molar-refractivity contribution in [2.24, 2.45) is 0 Å². The van der Waals surface area contributed by atoms with E-state index in [0.717, 1.165) is 17.8 Å². The Bertz CT molecular complexity index is 637. The maximum absolute atomic E-state index is 13.4. The molecule has 110 valence electrons. The third kappa shape index (κ3) is 3.26. The number of carbonyl (C=O) groups is 1. The maximum atomic E-state index is 13.4. The molecule has 2 aromatic rings. The molecule has 2 aromatic heterocycles. The number of pyridine rings is 1. The van der Waals surface area contributed by atoms with Crippen molar-refractivity contribution in [3.8, 4) is 0 Å². The van der Waals surface area contributed by atoms with Gasteiger partial charge in [-0.15, -0.1) is 11.3 Å². The van der Waals surface area contributed by atoms with Gasteiger partial charge < -0.3 is 5.32 Å². The zero-order chi connectivity index (χ0) is 14.7. The number of nitrogens with one attached hydrogen (secondary N) is 1. The Morgan fingerprint density at radius 3 is 3.00 bits per heavy atom. The number of amides is 1. The molecule has 0 saturated heterocycles. The predicted molar refractivity (Wildman–Crippen MR) is 78.7 cm³/mol. The summed E-state index contributed by atoms with van der Waals surface area (Å²) in [5.41, 5.74) is 0.648. The number of thiazole rings is 1. The molecule has 6 heteroatoms. The van der Waals surface area contributed by atoms with Crippen molar-refractivity contribution in [2.45, 2.75) is 38.1 Å². The molecule has 1 amide bonds. The fourth-order valence-corrected chi connectivity index (χ4v) is 3.53. The van der Waals surface area contributed by atoms with E-state index in [4.69, 9.17) is 0 Å². The number of rotatable bonds is 4. The predicted octanol–water partition coefficient (Wildman–Crippen LogP) is 3.26. The average molecular weight is 305 g/mol. The first kappa shape index (κ1) is 14.1. The van der Waals surface area contributed by atoms with Crippen molar-refractivity contribution in [1.29, 1.82) is 0 Å². The first-order valence-corrected chi connectivity index (χ1v) is 7.95. The summed E-state index contributed by atoms with van der Waals surface area (Å²) in [5.74, 6) is -0.187. The van der Waals surface area contributed by atoms with Crippen molar-refractivity contribution >= 4 is 17.2 Å². The van der Waals surface area contributed by atoms with Crippen LogP contribution in [0, 0.1) is 5.82 Å². The van der Waals surface area contributed by atoms with Crippen LogP contribution in [0.1, 0.15) is 52.8 Å². The summed E-state index contributed by atoms with van der Waals surface area (Å²) in [6.45, 7) is 0.0712. The summed E-state index contributed by atoms with van der Waals surface area (Å²) in [4.78, 5) is 20.4. The number of hydrogen-bond donors (Lipinski definition) is 1. The van der Waals surface area contributed by atoms with E-state index >= 15 is 0 Å². The van der Waals surface area contributed by atoms with E-state index in [1.54, 1.807) is 5.38 Å². The van der Waals surface area contributed by atoms with Crippen LogP contribution in [0.5, 0.6) is 0 Å². The van der Waals surface area contributed by atoms with Gasteiger partial charge in [0.15, 0.2) is 0 Å². The molecule has 1 fully saturated rings. The lowest BCUT2D eigenvalue weighted by Crippen LogP contribution is -2.24. The lowest BCUT2D eigenvalue weighted by Gasteiger charge is -2.04. The van der Waals surface area contributed by atoms with Gasteiger partial charge in [-0.3, -0.25) is 9.78 Å². The highest BCUT2D eigenvalue weighted by atomic mass is 32.1. The first-order chi connectivity index (χ1) is 10.2. The first-order valence-electron chi connectivity index (χ1n) is 7.07. The van der Waals surface area contributed by atoms with Gasteiger partial charge in [0.2, 0.25) is 0 Å². The van der Waals surface area contributed by atoms with Gasteiger partial charge in [0.25, 0.3) is 5.91 Å². The standard InChI is InChI=1S/C15H16FN3OS/c16-11-6-3-7-17-12(11)8-18-14(20)13-9-21-15(19-13)10-4-1-2-5-10/h3,6-7,9-10H,1-2,4-5,8H2,(H,18,20). The van der Waals surface area contributed by atoms with Crippen molar-refractivity contribution in [3.63, 3.8) is 0 Å². The molecule has 0 aliphatic heterocycles. The smallest absolute Gasteiger partial charge is 0.271 e. The van der Waals surface area contributed by atoms with Gasteiger partial charge in [-0.2, -0.15) is 0 Å². The highest BCUT2D eigenvalue weighted by Crippen LogP contribution is 2.35. The number of carbonyl (C=O) groups excluding carboxylic acids is 1. The van der Waals surface area contributed by atoms with E-state index in [0.29, 0.717) is 11.6 Å². The van der Waals surface area contributed by atoms with E-state index in [2.05, 4.69) is 15.3 Å². The monoisotopic (exact) mass is 305 g/mol. The normalized spacial score (nSPS) is 15.3. The number of aromatic nitrogens is 2. The van der Waals surface area contributed by atoms with Crippen LogP contribution in [0.4, 0.5) is 4.39 Å². The number of nitrogens with zero attached hydrogens (tertiary/aromatic N) is 2. The molecule has 1 aliphatic rings. The molecular formula is C15H16FN3OS. The van der Waals surface area contributed by atoms with Crippen LogP contribution in [0.15, 0.2) is 23.7 Å². The van der Waals surface area contributed by atoms with Crippen LogP contribution in [0.25, 0.3) is 0 Å². The lowest BCUT2D eigenvalue weighted by atomic mass is 10.1. The molecule has 0 unspecified atom stereocenters. The van der Waals surface area contributed by atoms with Crippen molar-refractivity contribution in [3.05, 3.63) is 45.9 Å². The highest BCUT2D eigenvalue weighted by Gasteiger charge is 2.21. The Hall–Kier alpha value is -1.82. The van der Waals surface area contributed by atoms with Crippen LogP contribution in [0.2, 0.25) is 0 Å². The lowest BCUT2D eigenvalue weighted by molar-refractivity contribution is 0.0945. The van der Waals surface area contributed by atoms with Crippen molar-refractivity contribution in [2.75, 3.05) is 0 Å². The summed E-state index contributed by atoms with van der Waals surface area (Å²) in [6.07, 6.45) is 6.31. The van der Waals surface area contributed by atoms with Gasteiger partial charge in [0.1, 0.15) is 11.5 Å². The maximum Gasteiger partial charge on any atom is 0.271 e.